The van der Waals surface area contributed by atoms with Gasteiger partial charge in [0.1, 0.15) is 18.8 Å². The minimum absolute atomic E-state index is 0.0557. The lowest BCUT2D eigenvalue weighted by molar-refractivity contribution is -0.386. The lowest BCUT2D eigenvalue weighted by Crippen LogP contribution is -2.35. The van der Waals surface area contributed by atoms with Crippen molar-refractivity contribution < 1.29 is 29.8 Å². The molecule has 9 heteroatoms. The fourth-order valence-corrected chi connectivity index (χ4v) is 2.36. The zero-order valence-corrected chi connectivity index (χ0v) is 14.3. The van der Waals surface area contributed by atoms with Crippen LogP contribution < -0.4 is 5.32 Å². The van der Waals surface area contributed by atoms with Crippen molar-refractivity contribution in [2.24, 2.45) is 0 Å². The van der Waals surface area contributed by atoms with Crippen LogP contribution in [0.2, 0.25) is 0 Å². The number of nitrogens with zero attached hydrogens (tertiary/aromatic N) is 1. The van der Waals surface area contributed by atoms with Crippen molar-refractivity contribution in [3.8, 4) is 0 Å². The molecule has 0 spiro atoms. The molecule has 2 aromatic carbocycles. The van der Waals surface area contributed by atoms with Crippen LogP contribution >= 0.6 is 0 Å². The number of carbonyl (C=O) groups excluding carboxylic acids is 1. The third kappa shape index (κ3) is 5.74. The van der Waals surface area contributed by atoms with E-state index in [1.807, 2.05) is 6.07 Å². The minimum Gasteiger partial charge on any atom is -0.445 e. The van der Waals surface area contributed by atoms with E-state index in [0.29, 0.717) is 0 Å². The van der Waals surface area contributed by atoms with Crippen molar-refractivity contribution in [3.63, 3.8) is 0 Å². The maximum atomic E-state index is 11.7. The van der Waals surface area contributed by atoms with Gasteiger partial charge in [-0.05, 0) is 17.2 Å². The number of nitrogens with one attached hydrogen (secondary N) is 1. The number of aliphatic hydroxyl groups is 3. The summed E-state index contributed by atoms with van der Waals surface area (Å²) in [5, 5.41) is 42.6. The molecule has 9 nitrogen and oxygen atoms in total. The van der Waals surface area contributed by atoms with Gasteiger partial charge < -0.3 is 25.4 Å². The summed E-state index contributed by atoms with van der Waals surface area (Å²) >= 11 is 0. The molecule has 0 aliphatic carbocycles. The molecule has 27 heavy (non-hydrogen) atoms. The number of carbonyl (C=O) groups is 1. The summed E-state index contributed by atoms with van der Waals surface area (Å²) in [7, 11) is 0. The Labute approximate surface area is 155 Å². The Balaban J connectivity index is 1.89. The standard InChI is InChI=1S/C18H20N2O7/c21-10-14-7-6-13(8-15(14)20(25)26)17(23)16(22)9-19-18(24)27-11-12-4-2-1-3-5-12/h1-8,16-17,21-23H,9-11H2,(H,19,24). The molecule has 0 aromatic heterocycles. The third-order valence-electron chi connectivity index (χ3n) is 3.85. The molecule has 0 aliphatic rings. The maximum absolute atomic E-state index is 11.7. The molecule has 144 valence electrons. The van der Waals surface area contributed by atoms with E-state index < -0.39 is 29.8 Å². The molecule has 0 bridgehead atoms. The van der Waals surface area contributed by atoms with E-state index in [1.165, 1.54) is 12.1 Å². The van der Waals surface area contributed by atoms with Crippen molar-refractivity contribution in [2.45, 2.75) is 25.4 Å². The molecule has 2 unspecified atom stereocenters. The molecule has 0 heterocycles. The predicted octanol–water partition coefficient (Wildman–Crippen LogP) is 1.41. The second kappa shape index (κ2) is 9.62. The highest BCUT2D eigenvalue weighted by Crippen LogP contribution is 2.25. The topological polar surface area (TPSA) is 142 Å². The molecule has 0 saturated heterocycles. The van der Waals surface area contributed by atoms with Crippen LogP contribution in [0.25, 0.3) is 0 Å². The Bertz CT molecular complexity index is 783. The van der Waals surface area contributed by atoms with Crippen molar-refractivity contribution in [3.05, 3.63) is 75.3 Å². The summed E-state index contributed by atoms with van der Waals surface area (Å²) < 4.78 is 4.98. The summed E-state index contributed by atoms with van der Waals surface area (Å²) in [6.07, 6.45) is -3.65. The third-order valence-corrected chi connectivity index (χ3v) is 3.85. The number of rotatable bonds is 8. The van der Waals surface area contributed by atoms with Crippen LogP contribution in [0.3, 0.4) is 0 Å². The van der Waals surface area contributed by atoms with E-state index >= 15 is 0 Å². The molecule has 0 aliphatic heterocycles. The Morgan fingerprint density at radius 1 is 1.19 bits per heavy atom. The first kappa shape index (κ1) is 20.3. The van der Waals surface area contributed by atoms with Gasteiger partial charge in [-0.1, -0.05) is 36.4 Å². The van der Waals surface area contributed by atoms with Crippen LogP contribution in [0, 0.1) is 10.1 Å². The smallest absolute Gasteiger partial charge is 0.407 e. The molecular formula is C18H20N2O7. The first-order chi connectivity index (χ1) is 12.9. The fraction of sp³-hybridized carbons (Fsp3) is 0.278. The molecular weight excluding hydrogens is 356 g/mol. The normalized spacial score (nSPS) is 12.9. The number of nitro groups is 1. The van der Waals surface area contributed by atoms with Gasteiger partial charge in [0.05, 0.1) is 17.1 Å². The number of aliphatic hydroxyl groups excluding tert-OH is 3. The van der Waals surface area contributed by atoms with Gasteiger partial charge in [-0.2, -0.15) is 0 Å². The molecule has 0 fully saturated rings. The summed E-state index contributed by atoms with van der Waals surface area (Å²) in [5.74, 6) is 0. The predicted molar refractivity (Wildman–Crippen MR) is 94.6 cm³/mol. The maximum Gasteiger partial charge on any atom is 0.407 e. The van der Waals surface area contributed by atoms with Crippen molar-refractivity contribution in [1.82, 2.24) is 5.32 Å². The van der Waals surface area contributed by atoms with E-state index in [4.69, 9.17) is 9.84 Å². The van der Waals surface area contributed by atoms with Gasteiger partial charge >= 0.3 is 6.09 Å². The zero-order chi connectivity index (χ0) is 19.8. The zero-order valence-electron chi connectivity index (χ0n) is 14.3. The van der Waals surface area contributed by atoms with Gasteiger partial charge in [-0.3, -0.25) is 10.1 Å². The lowest BCUT2D eigenvalue weighted by atomic mass is 10.0. The van der Waals surface area contributed by atoms with E-state index in [-0.39, 0.29) is 30.0 Å². The van der Waals surface area contributed by atoms with Gasteiger partial charge in [0, 0.05) is 12.6 Å². The summed E-state index contributed by atoms with van der Waals surface area (Å²) in [4.78, 5) is 22.0. The highest BCUT2D eigenvalue weighted by atomic mass is 16.6. The Kier molecular flexibility index (Phi) is 7.24. The average molecular weight is 376 g/mol. The highest BCUT2D eigenvalue weighted by molar-refractivity contribution is 5.67. The van der Waals surface area contributed by atoms with Crippen LogP contribution in [-0.4, -0.2) is 39.0 Å². The molecule has 2 atom stereocenters. The number of ether oxygens (including phenoxy) is 1. The van der Waals surface area contributed by atoms with Crippen LogP contribution in [0.1, 0.15) is 22.8 Å². The lowest BCUT2D eigenvalue weighted by Gasteiger charge is -2.19. The fourth-order valence-electron chi connectivity index (χ4n) is 2.36. The summed E-state index contributed by atoms with van der Waals surface area (Å²) in [6, 6.07) is 12.7. The number of amides is 1. The summed E-state index contributed by atoms with van der Waals surface area (Å²) in [6.45, 7) is -0.783. The molecule has 1 amide bonds. The van der Waals surface area contributed by atoms with Crippen LogP contribution in [0.4, 0.5) is 10.5 Å². The Morgan fingerprint density at radius 2 is 1.89 bits per heavy atom. The summed E-state index contributed by atoms with van der Waals surface area (Å²) in [5.41, 5.74) is 0.611. The van der Waals surface area contributed by atoms with E-state index in [1.54, 1.807) is 24.3 Å². The minimum atomic E-state index is -1.47. The van der Waals surface area contributed by atoms with Gasteiger partial charge in [0.15, 0.2) is 0 Å². The SMILES string of the molecule is O=C(NCC(O)C(O)c1ccc(CO)c([N+](=O)[O-])c1)OCc1ccccc1. The number of benzene rings is 2. The van der Waals surface area contributed by atoms with E-state index in [9.17, 15) is 25.1 Å². The van der Waals surface area contributed by atoms with Gasteiger partial charge in [-0.25, -0.2) is 4.79 Å². The number of nitro benzene ring substituents is 1. The van der Waals surface area contributed by atoms with E-state index in [2.05, 4.69) is 5.32 Å². The molecule has 2 rings (SSSR count). The largest absolute Gasteiger partial charge is 0.445 e. The van der Waals surface area contributed by atoms with Crippen LogP contribution in [0.5, 0.6) is 0 Å². The first-order valence-electron chi connectivity index (χ1n) is 8.11. The molecule has 0 radical (unpaired) electrons. The average Bonchev–Trinajstić information content (AvgIpc) is 2.70. The number of hydrogen-bond acceptors (Lipinski definition) is 7. The molecule has 0 saturated carbocycles. The second-order valence-electron chi connectivity index (χ2n) is 5.76. The van der Waals surface area contributed by atoms with Crippen molar-refractivity contribution in [2.75, 3.05) is 6.54 Å². The quantitative estimate of drug-likeness (QED) is 0.403. The van der Waals surface area contributed by atoms with Crippen LogP contribution in [0.15, 0.2) is 48.5 Å². The van der Waals surface area contributed by atoms with E-state index in [0.717, 1.165) is 11.6 Å². The molecule has 2 aromatic rings. The first-order valence-corrected chi connectivity index (χ1v) is 8.11. The van der Waals surface area contributed by atoms with Crippen LogP contribution in [-0.2, 0) is 18.0 Å². The Morgan fingerprint density at radius 3 is 2.52 bits per heavy atom. The Hall–Kier alpha value is -3.01. The highest BCUT2D eigenvalue weighted by Gasteiger charge is 2.23. The van der Waals surface area contributed by atoms with Gasteiger partial charge in [0.25, 0.3) is 5.69 Å². The van der Waals surface area contributed by atoms with Crippen molar-refractivity contribution >= 4 is 11.8 Å². The second-order valence-corrected chi connectivity index (χ2v) is 5.76. The van der Waals surface area contributed by atoms with Gasteiger partial charge in [0.2, 0.25) is 0 Å². The van der Waals surface area contributed by atoms with Crippen molar-refractivity contribution in [1.29, 1.82) is 0 Å². The van der Waals surface area contributed by atoms with Gasteiger partial charge in [-0.15, -0.1) is 0 Å². The number of hydrogen-bond donors (Lipinski definition) is 4. The monoisotopic (exact) mass is 376 g/mol. The number of alkyl carbamates (subject to hydrolysis) is 1. The molecule has 4 N–H and O–H groups in total.